The van der Waals surface area contributed by atoms with Crippen molar-refractivity contribution in [3.05, 3.63) is 132 Å². The third kappa shape index (κ3) is 6.28. The number of nitrogens with zero attached hydrogens (tertiary/aromatic N) is 4. The number of benzene rings is 4. The lowest BCUT2D eigenvalue weighted by atomic mass is 9.54. The first-order valence-corrected chi connectivity index (χ1v) is 26.2. The van der Waals surface area contributed by atoms with Crippen molar-refractivity contribution in [3.63, 3.8) is 0 Å². The summed E-state index contributed by atoms with van der Waals surface area (Å²) in [5, 5.41) is 0. The highest BCUT2D eigenvalue weighted by Crippen LogP contribution is 2.60. The van der Waals surface area contributed by atoms with Crippen LogP contribution in [0.25, 0.3) is 0 Å². The van der Waals surface area contributed by atoms with Crippen LogP contribution in [0.3, 0.4) is 0 Å². The highest BCUT2D eigenvalue weighted by atomic mass is 16.5. The van der Waals surface area contributed by atoms with Crippen molar-refractivity contribution < 1.29 is 47.8 Å². The Morgan fingerprint density at radius 1 is 0.432 bits per heavy atom. The molecule has 16 rings (SSSR count). The average Bonchev–Trinajstić information content (AvgIpc) is 4.26. The average molecular weight is 991 g/mol. The standard InChI is InChI=1S/C60H54N4O10/c1-60(2,32-6-14-36(15-7-32)73-38-18-10-34(11-19-38)63-56(69)48-40-22-23-41(49(48)57(63)70)45-44(40)52(65)61(3)53(45)66)33-8-16-37(17-9-33)74-39-20-12-35(13-21-39)64-58(71)50-42-24-25-43(51(50)59(64)72)47-46(42)54(67)62(55(47)68)28-31-27-29-4-5-30(31)26-29/h6-25,29-31,40-51H,4-5,26-28H2,1-3H3. The summed E-state index contributed by atoms with van der Waals surface area (Å²) >= 11 is 0. The first-order valence-electron chi connectivity index (χ1n) is 26.2. The van der Waals surface area contributed by atoms with Crippen LogP contribution in [0.15, 0.2) is 121 Å². The molecule has 12 aliphatic rings. The van der Waals surface area contributed by atoms with Gasteiger partial charge >= 0.3 is 0 Å². The number of imide groups is 4. The van der Waals surface area contributed by atoms with Crippen LogP contribution >= 0.6 is 0 Å². The number of likely N-dealkylation sites (tertiary alicyclic amines) is 2. The van der Waals surface area contributed by atoms with Crippen molar-refractivity contribution in [1.29, 1.82) is 0 Å². The zero-order chi connectivity index (χ0) is 50.8. The quantitative estimate of drug-likeness (QED) is 0.113. The summed E-state index contributed by atoms with van der Waals surface area (Å²) in [6.07, 6.45) is 12.2. The molecular formula is C60H54N4O10. The maximum atomic E-state index is 14.2. The Balaban J connectivity index is 0.600. The summed E-state index contributed by atoms with van der Waals surface area (Å²) in [5.74, 6) is -5.43. The van der Waals surface area contributed by atoms with Gasteiger partial charge in [0, 0.05) is 42.7 Å². The molecule has 0 aromatic heterocycles. The minimum absolute atomic E-state index is 0.166. The van der Waals surface area contributed by atoms with Crippen molar-refractivity contribution in [2.24, 2.45) is 88.8 Å². The Labute approximate surface area is 427 Å². The molecule has 0 N–H and O–H groups in total. The predicted molar refractivity (Wildman–Crippen MR) is 267 cm³/mol. The van der Waals surface area contributed by atoms with Gasteiger partial charge in [-0.1, -0.05) is 68.8 Å². The molecular weight excluding hydrogens is 937 g/mol. The summed E-state index contributed by atoms with van der Waals surface area (Å²) in [6.45, 7) is 4.73. The van der Waals surface area contributed by atoms with Crippen LogP contribution in [-0.2, 0) is 43.8 Å². The summed E-state index contributed by atoms with van der Waals surface area (Å²) in [5.41, 5.74) is 2.54. The van der Waals surface area contributed by atoms with E-state index in [0.29, 0.717) is 58.7 Å². The first kappa shape index (κ1) is 45.2. The second kappa shape index (κ2) is 16.0. The Hall–Kier alpha value is -7.48. The molecule has 15 atom stereocenters. The molecule has 8 fully saturated rings. The van der Waals surface area contributed by atoms with Crippen molar-refractivity contribution >= 4 is 58.6 Å². The number of fused-ring (bicyclic) bond motifs is 2. The lowest BCUT2D eigenvalue weighted by Crippen LogP contribution is -2.50. The molecule has 14 heteroatoms. The fourth-order valence-corrected chi connectivity index (χ4v) is 15.8. The molecule has 374 valence electrons. The lowest BCUT2D eigenvalue weighted by molar-refractivity contribution is -0.142. The molecule has 4 saturated heterocycles. The normalized spacial score (nSPS) is 34.9. The number of carbonyl (C=O) groups excluding carboxylic acids is 8. The zero-order valence-corrected chi connectivity index (χ0v) is 41.1. The van der Waals surface area contributed by atoms with E-state index >= 15 is 0 Å². The SMILES string of the molecule is CN1C(=O)C2C3C=CC(C2C1=O)C1C(=O)N(c2ccc(Oc4ccc(C(C)(C)c5ccc(Oc6ccc(N7C(=O)C8C9C=CC(C%10C(=O)N(CC%11CC%12CCC%11C%12)C(=O)C9%10)C8C7=O)cc6)cc5)cc4)cc2)C(=O)C31. The fraction of sp³-hybridized carbons (Fsp3) is 0.400. The van der Waals surface area contributed by atoms with E-state index in [1.54, 1.807) is 48.5 Å². The van der Waals surface area contributed by atoms with Gasteiger partial charge in [0.15, 0.2) is 0 Å². The minimum atomic E-state index is -0.680. The number of anilines is 2. The van der Waals surface area contributed by atoms with Crippen molar-refractivity contribution in [2.75, 3.05) is 23.4 Å². The van der Waals surface area contributed by atoms with Crippen LogP contribution in [-0.4, -0.2) is 70.6 Å². The van der Waals surface area contributed by atoms with Crippen LogP contribution in [0.2, 0.25) is 0 Å². The molecule has 0 spiro atoms. The number of amides is 8. The topological polar surface area (TPSA) is 168 Å². The predicted octanol–water partition coefficient (Wildman–Crippen LogP) is 7.71. The van der Waals surface area contributed by atoms with Gasteiger partial charge in [0.1, 0.15) is 23.0 Å². The van der Waals surface area contributed by atoms with E-state index in [1.807, 2.05) is 72.8 Å². The Kier molecular flexibility index (Phi) is 9.77. The number of carbonyl (C=O) groups is 8. The van der Waals surface area contributed by atoms with Crippen molar-refractivity contribution in [3.8, 4) is 23.0 Å². The smallest absolute Gasteiger partial charge is 0.238 e. The van der Waals surface area contributed by atoms with E-state index < -0.39 is 76.4 Å². The Morgan fingerprint density at radius 3 is 1.11 bits per heavy atom. The van der Waals surface area contributed by atoms with E-state index in [9.17, 15) is 38.4 Å². The van der Waals surface area contributed by atoms with Gasteiger partial charge in [0.2, 0.25) is 47.3 Å². The molecule has 4 saturated carbocycles. The largest absolute Gasteiger partial charge is 0.457 e. The van der Waals surface area contributed by atoms with Crippen LogP contribution in [0, 0.1) is 88.8 Å². The maximum Gasteiger partial charge on any atom is 0.238 e. The molecule has 8 aliphatic carbocycles. The molecule has 8 amide bonds. The van der Waals surface area contributed by atoms with E-state index in [0.717, 1.165) is 22.4 Å². The molecule has 4 aromatic carbocycles. The van der Waals surface area contributed by atoms with Gasteiger partial charge in [-0.15, -0.1) is 0 Å². The molecule has 15 unspecified atom stereocenters. The molecule has 4 heterocycles. The summed E-state index contributed by atoms with van der Waals surface area (Å²) in [4.78, 5) is 115. The second-order valence-corrected chi connectivity index (χ2v) is 23.1. The maximum absolute atomic E-state index is 14.2. The van der Waals surface area contributed by atoms with Gasteiger partial charge in [0.05, 0.1) is 58.7 Å². The highest BCUT2D eigenvalue weighted by Gasteiger charge is 2.70. The van der Waals surface area contributed by atoms with Crippen LogP contribution in [0.4, 0.5) is 11.4 Å². The molecule has 74 heavy (non-hydrogen) atoms. The molecule has 0 radical (unpaired) electrons. The molecule has 4 aromatic rings. The fourth-order valence-electron chi connectivity index (χ4n) is 15.8. The van der Waals surface area contributed by atoms with Crippen LogP contribution in [0.5, 0.6) is 23.0 Å². The lowest BCUT2D eigenvalue weighted by Gasteiger charge is -2.44. The summed E-state index contributed by atoms with van der Waals surface area (Å²) in [7, 11) is 1.47. The second-order valence-electron chi connectivity index (χ2n) is 23.1. The van der Waals surface area contributed by atoms with Crippen LogP contribution in [0.1, 0.15) is 50.7 Å². The van der Waals surface area contributed by atoms with E-state index in [4.69, 9.17) is 9.47 Å². The minimum Gasteiger partial charge on any atom is -0.457 e. The molecule has 6 bridgehead atoms. The monoisotopic (exact) mass is 990 g/mol. The van der Waals surface area contributed by atoms with Gasteiger partial charge in [-0.3, -0.25) is 58.0 Å². The Bertz CT molecular complexity index is 3120. The summed E-state index contributed by atoms with van der Waals surface area (Å²) < 4.78 is 12.4. The number of rotatable bonds is 10. The molecule has 14 nitrogen and oxygen atoms in total. The third-order valence-electron chi connectivity index (χ3n) is 19.4. The summed E-state index contributed by atoms with van der Waals surface area (Å²) in [6, 6.07) is 29.3. The highest BCUT2D eigenvalue weighted by molar-refractivity contribution is 6.24. The van der Waals surface area contributed by atoms with E-state index in [1.165, 1.54) is 41.0 Å². The van der Waals surface area contributed by atoms with E-state index in [-0.39, 0.29) is 47.3 Å². The number of hydrogen-bond acceptors (Lipinski definition) is 10. The van der Waals surface area contributed by atoms with Crippen molar-refractivity contribution in [1.82, 2.24) is 9.80 Å². The zero-order valence-electron chi connectivity index (χ0n) is 41.1. The van der Waals surface area contributed by atoms with Gasteiger partial charge < -0.3 is 9.47 Å². The van der Waals surface area contributed by atoms with Crippen LogP contribution < -0.4 is 19.3 Å². The van der Waals surface area contributed by atoms with Gasteiger partial charge in [-0.2, -0.15) is 0 Å². The number of allylic oxidation sites excluding steroid dienone is 4. The number of hydrogen-bond donors (Lipinski definition) is 0. The Morgan fingerprint density at radius 2 is 0.770 bits per heavy atom. The van der Waals surface area contributed by atoms with Crippen molar-refractivity contribution in [2.45, 2.75) is 44.9 Å². The number of ether oxygens (including phenoxy) is 2. The molecule has 4 aliphatic heterocycles. The first-order chi connectivity index (χ1) is 35.7. The van der Waals surface area contributed by atoms with Gasteiger partial charge in [-0.05, 0) is 121 Å². The third-order valence-corrected chi connectivity index (χ3v) is 19.4. The van der Waals surface area contributed by atoms with E-state index in [2.05, 4.69) is 13.8 Å². The van der Waals surface area contributed by atoms with Gasteiger partial charge in [0.25, 0.3) is 0 Å². The van der Waals surface area contributed by atoms with Gasteiger partial charge in [-0.25, -0.2) is 0 Å².